The number of allylic oxidation sites excluding steroid dienone is 4. The monoisotopic (exact) mass is 880 g/mol. The largest absolute Gasteiger partial charge is 0.491 e. The molecule has 0 fully saturated rings. The van der Waals surface area contributed by atoms with E-state index < -0.39 is 0 Å². The second-order valence-corrected chi connectivity index (χ2v) is 16.7. The van der Waals surface area contributed by atoms with E-state index in [9.17, 15) is 0 Å². The Hall–Kier alpha value is -6.82. The summed E-state index contributed by atoms with van der Waals surface area (Å²) < 4.78 is 34.6. The summed E-state index contributed by atoms with van der Waals surface area (Å²) >= 11 is 0. The van der Waals surface area contributed by atoms with E-state index >= 15 is 0 Å². The maximum atomic E-state index is 5.94. The van der Waals surface area contributed by atoms with Crippen molar-refractivity contribution in [1.29, 1.82) is 0 Å². The van der Waals surface area contributed by atoms with Gasteiger partial charge < -0.3 is 49.7 Å². The zero-order valence-corrected chi connectivity index (χ0v) is 37.2. The number of rotatable bonds is 0. The van der Waals surface area contributed by atoms with Crippen LogP contribution in [0.3, 0.4) is 0 Å². The van der Waals surface area contributed by atoms with Gasteiger partial charge in [0, 0.05) is 45.7 Å². The number of aryl methyl sites for hydroxylation is 2. The highest BCUT2D eigenvalue weighted by molar-refractivity contribution is 5.96. The minimum absolute atomic E-state index is 0.462. The molecule has 0 aliphatic carbocycles. The van der Waals surface area contributed by atoms with E-state index in [4.69, 9.17) is 28.4 Å². The average Bonchev–Trinajstić information content (AvgIpc) is 3.37. The summed E-state index contributed by atoms with van der Waals surface area (Å²) in [5, 5.41) is 19.1. The first-order valence-electron chi connectivity index (χ1n) is 23.1. The van der Waals surface area contributed by atoms with Crippen LogP contribution < -0.4 is 51.6 Å². The molecular weight excluding hydrogens is 825 g/mol. The highest BCUT2D eigenvalue weighted by Gasteiger charge is 2.16. The quantitative estimate of drug-likeness (QED) is 0.125. The molecule has 66 heavy (non-hydrogen) atoms. The predicted molar refractivity (Wildman–Crippen MR) is 266 cm³/mol. The highest BCUT2D eigenvalue weighted by Crippen LogP contribution is 2.29. The first kappa shape index (κ1) is 43.1. The van der Waals surface area contributed by atoms with E-state index in [0.29, 0.717) is 66.1 Å². The number of nitrogens with one attached hydrogen (secondary N) is 4. The Kier molecular flexibility index (Phi) is 13.7. The molecule has 0 atom stereocenters. The van der Waals surface area contributed by atoms with E-state index in [1.54, 1.807) is 0 Å². The van der Waals surface area contributed by atoms with Crippen LogP contribution in [0.1, 0.15) is 35.1 Å². The third-order valence-corrected chi connectivity index (χ3v) is 12.4. The van der Waals surface area contributed by atoms with E-state index in [1.165, 1.54) is 32.7 Å². The smallest absolute Gasteiger partial charge is 0.119 e. The van der Waals surface area contributed by atoms with E-state index in [0.717, 1.165) is 92.6 Å². The zero-order valence-electron chi connectivity index (χ0n) is 37.2. The Morgan fingerprint density at radius 2 is 0.742 bits per heavy atom. The van der Waals surface area contributed by atoms with Gasteiger partial charge in [-0.1, -0.05) is 72.8 Å². The lowest BCUT2D eigenvalue weighted by Gasteiger charge is -2.20. The Bertz CT molecular complexity index is 2720. The molecule has 20 rings (SSSR count). The van der Waals surface area contributed by atoms with Crippen molar-refractivity contribution in [1.82, 2.24) is 0 Å². The van der Waals surface area contributed by atoms with E-state index in [-0.39, 0.29) is 0 Å². The molecule has 10 nitrogen and oxygen atoms in total. The molecule has 18 bridgehead atoms. The van der Waals surface area contributed by atoms with E-state index in [2.05, 4.69) is 143 Å². The summed E-state index contributed by atoms with van der Waals surface area (Å²) in [7, 11) is 0. The maximum absolute atomic E-state index is 5.94. The van der Waals surface area contributed by atoms with Gasteiger partial charge in [-0.25, -0.2) is 0 Å². The lowest BCUT2D eigenvalue weighted by Crippen LogP contribution is -2.24. The molecule has 15 aliphatic rings. The van der Waals surface area contributed by atoms with Gasteiger partial charge in [-0.3, -0.25) is 0 Å². The molecular formula is C56H56N4O6. The Morgan fingerprint density at radius 1 is 0.348 bits per heavy atom. The molecule has 0 saturated heterocycles. The van der Waals surface area contributed by atoms with Crippen LogP contribution in [-0.2, 0) is 31.8 Å². The molecule has 0 radical (unpaired) electrons. The standard InChI is InChI=1S/C56H56N4O6/c1-2-40-4-3-39(1)5-7-43-21-23-57-55-51(43)19-13-45-35-47(37-59-53(45)55)41-9-15-49(16-10-41)65-33-31-63-29-27-61-25-26-62-28-30-64-32-34-66-50-17-11-42(12-18-50)48-36-46-14-20-52-44(8-6-40)22-24-58-56(52)54(46)60-38-48/h1-4,9-24,35-38,57-60H,5-8,25-34H2. The second kappa shape index (κ2) is 21.0. The minimum atomic E-state index is 0.462. The summed E-state index contributed by atoms with van der Waals surface area (Å²) in [5.41, 5.74) is 14.2. The van der Waals surface area contributed by atoms with Gasteiger partial charge in [0.2, 0.25) is 0 Å². The first-order valence-corrected chi connectivity index (χ1v) is 23.1. The number of ether oxygens (including phenoxy) is 6. The van der Waals surface area contributed by atoms with Gasteiger partial charge in [0.15, 0.2) is 0 Å². The molecule has 5 aromatic rings. The van der Waals surface area contributed by atoms with Crippen LogP contribution in [0.15, 0.2) is 134 Å². The second-order valence-electron chi connectivity index (χ2n) is 16.7. The van der Waals surface area contributed by atoms with Gasteiger partial charge in [0.1, 0.15) is 24.7 Å². The fraction of sp³-hybridized carbons (Fsp3) is 0.250. The van der Waals surface area contributed by atoms with Gasteiger partial charge in [-0.15, -0.1) is 0 Å². The van der Waals surface area contributed by atoms with Crippen molar-refractivity contribution in [2.24, 2.45) is 0 Å². The van der Waals surface area contributed by atoms with Gasteiger partial charge >= 0.3 is 0 Å². The van der Waals surface area contributed by atoms with Gasteiger partial charge in [-0.2, -0.15) is 0 Å². The SMILES string of the molecule is C1=CC2=c3ccc4c(c3N1)NC=C(C=4)c1ccc(cc1)OCCOCCOCCOCCOCCOc1ccc(cc1)C1=CNc3c4c(ccc3=C1)=C(C=CN4)CCc1ccc(cc1)CC2. The van der Waals surface area contributed by atoms with Crippen molar-refractivity contribution in [3.05, 3.63) is 177 Å². The first-order chi connectivity index (χ1) is 32.7. The number of fused-ring (bicyclic) bond motifs is 2. The van der Waals surface area contributed by atoms with Crippen molar-refractivity contribution in [2.45, 2.75) is 25.7 Å². The third-order valence-electron chi connectivity index (χ3n) is 12.4. The molecule has 15 heterocycles. The lowest BCUT2D eigenvalue weighted by molar-refractivity contribution is -0.00699. The average molecular weight is 881 g/mol. The fourth-order valence-electron chi connectivity index (χ4n) is 8.86. The van der Waals surface area contributed by atoms with Gasteiger partial charge in [0.25, 0.3) is 0 Å². The van der Waals surface area contributed by atoms with Crippen LogP contribution in [0.5, 0.6) is 11.5 Å². The fourth-order valence-corrected chi connectivity index (χ4v) is 8.86. The molecule has 10 heteroatoms. The summed E-state index contributed by atoms with van der Waals surface area (Å²) in [4.78, 5) is 0. The van der Waals surface area contributed by atoms with Crippen molar-refractivity contribution < 1.29 is 28.4 Å². The van der Waals surface area contributed by atoms with Crippen molar-refractivity contribution in [2.75, 3.05) is 87.3 Å². The molecule has 0 saturated carbocycles. The van der Waals surface area contributed by atoms with Crippen molar-refractivity contribution in [3.63, 3.8) is 0 Å². The zero-order chi connectivity index (χ0) is 44.3. The van der Waals surface area contributed by atoms with Crippen LogP contribution >= 0.6 is 0 Å². The van der Waals surface area contributed by atoms with Crippen LogP contribution in [0.4, 0.5) is 22.7 Å². The maximum Gasteiger partial charge on any atom is 0.119 e. The molecule has 0 amide bonds. The summed E-state index contributed by atoms with van der Waals surface area (Å²) in [6.07, 6.45) is 21.1. The number of hydrogen-bond acceptors (Lipinski definition) is 10. The van der Waals surface area contributed by atoms with Crippen LogP contribution in [0, 0.1) is 0 Å². The predicted octanol–water partition coefficient (Wildman–Crippen LogP) is 7.46. The Labute approximate surface area is 385 Å². The Balaban J connectivity index is 0.822. The minimum Gasteiger partial charge on any atom is -0.491 e. The lowest BCUT2D eigenvalue weighted by atomic mass is 9.95. The molecule has 0 spiro atoms. The number of hydrogen-bond donors (Lipinski definition) is 4. The van der Waals surface area contributed by atoms with Crippen molar-refractivity contribution >= 4 is 57.2 Å². The summed E-state index contributed by atoms with van der Waals surface area (Å²) in [6.45, 7) is 4.87. The highest BCUT2D eigenvalue weighted by atomic mass is 16.6. The molecule has 5 aromatic carbocycles. The van der Waals surface area contributed by atoms with Crippen LogP contribution in [-0.4, -0.2) is 66.1 Å². The summed E-state index contributed by atoms with van der Waals surface area (Å²) in [6, 6.07) is 34.6. The van der Waals surface area contributed by atoms with Crippen molar-refractivity contribution in [3.8, 4) is 11.5 Å². The van der Waals surface area contributed by atoms with Gasteiger partial charge in [-0.05, 0) is 119 Å². The molecule has 0 aromatic heterocycles. The normalized spacial score (nSPS) is 17.9. The van der Waals surface area contributed by atoms with Gasteiger partial charge in [0.05, 0.1) is 75.6 Å². The van der Waals surface area contributed by atoms with Crippen LogP contribution in [0.2, 0.25) is 0 Å². The topological polar surface area (TPSA) is 104 Å². The number of benzene rings is 5. The molecule has 0 unspecified atom stereocenters. The summed E-state index contributed by atoms with van der Waals surface area (Å²) in [5.74, 6) is 1.62. The third kappa shape index (κ3) is 10.3. The van der Waals surface area contributed by atoms with E-state index in [1.807, 2.05) is 24.3 Å². The van der Waals surface area contributed by atoms with Crippen LogP contribution in [0.25, 0.3) is 34.4 Å². The number of anilines is 4. The molecule has 15 aliphatic heterocycles. The Morgan fingerprint density at radius 3 is 1.15 bits per heavy atom. The molecule has 336 valence electrons. The molecule has 4 N–H and O–H groups in total.